The molecule has 0 fully saturated rings. The van der Waals surface area contributed by atoms with E-state index in [2.05, 4.69) is 14.8 Å². The van der Waals surface area contributed by atoms with Crippen LogP contribution in [0.4, 0.5) is 0 Å². The molecule has 0 aliphatic rings. The van der Waals surface area contributed by atoms with Crippen LogP contribution in [0.3, 0.4) is 0 Å². The molecule has 0 aromatic rings. The van der Waals surface area contributed by atoms with Gasteiger partial charge in [-0.2, -0.15) is 0 Å². The molecule has 0 atom stereocenters. The predicted octanol–water partition coefficient (Wildman–Crippen LogP) is -0.143. The maximum Gasteiger partial charge on any atom is 0.322 e. The fourth-order valence-electron chi connectivity index (χ4n) is 1.12. The van der Waals surface area contributed by atoms with Crippen LogP contribution in [0.1, 0.15) is 27.2 Å². The summed E-state index contributed by atoms with van der Waals surface area (Å²) in [5, 5.41) is 3.17. The summed E-state index contributed by atoms with van der Waals surface area (Å²) in [6.07, 6.45) is 0.681. The molecule has 0 aliphatic heterocycles. The van der Waals surface area contributed by atoms with Gasteiger partial charge in [-0.15, -0.1) is 0 Å². The Kier molecular flexibility index (Phi) is 8.11. The molecule has 2 N–H and O–H groups in total. The van der Waals surface area contributed by atoms with E-state index >= 15 is 0 Å². The molecule has 0 aromatic heterocycles. The standard InChI is InChI=1S/C10H22N2O4S/c1-4-16-10(13)8-17(14,15)12-7-5-6-11-9(2)3/h9,11-12H,4-8H2,1-3H3. The second-order valence-corrected chi connectivity index (χ2v) is 5.73. The van der Waals surface area contributed by atoms with Crippen LogP contribution >= 0.6 is 0 Å². The Balaban J connectivity index is 3.75. The lowest BCUT2D eigenvalue weighted by Gasteiger charge is -2.09. The average Bonchev–Trinajstić information content (AvgIpc) is 2.15. The third kappa shape index (κ3) is 10.2. The van der Waals surface area contributed by atoms with Crippen molar-refractivity contribution in [2.24, 2.45) is 0 Å². The van der Waals surface area contributed by atoms with Crippen molar-refractivity contribution in [2.45, 2.75) is 33.2 Å². The number of nitrogens with one attached hydrogen (secondary N) is 2. The van der Waals surface area contributed by atoms with Crippen molar-refractivity contribution in [3.63, 3.8) is 0 Å². The number of ether oxygens (including phenoxy) is 1. The molecule has 0 aromatic carbocycles. The molecular formula is C10H22N2O4S. The Labute approximate surface area is 103 Å². The Morgan fingerprint density at radius 2 is 1.94 bits per heavy atom. The minimum Gasteiger partial charge on any atom is -0.465 e. The maximum atomic E-state index is 11.4. The van der Waals surface area contributed by atoms with E-state index in [4.69, 9.17) is 0 Å². The molecule has 0 bridgehead atoms. The van der Waals surface area contributed by atoms with Gasteiger partial charge in [-0.1, -0.05) is 13.8 Å². The van der Waals surface area contributed by atoms with Crippen molar-refractivity contribution in [3.8, 4) is 0 Å². The number of carbonyl (C=O) groups excluding carboxylic acids is 1. The highest BCUT2D eigenvalue weighted by Gasteiger charge is 2.16. The summed E-state index contributed by atoms with van der Waals surface area (Å²) in [5.74, 6) is -1.33. The predicted molar refractivity (Wildman–Crippen MR) is 66.2 cm³/mol. The number of rotatable bonds is 9. The number of esters is 1. The lowest BCUT2D eigenvalue weighted by atomic mass is 10.3. The molecule has 0 unspecified atom stereocenters. The SMILES string of the molecule is CCOC(=O)CS(=O)(=O)NCCCNC(C)C. The van der Waals surface area contributed by atoms with Crippen LogP contribution in [0.2, 0.25) is 0 Å². The van der Waals surface area contributed by atoms with E-state index in [0.717, 1.165) is 6.54 Å². The zero-order valence-corrected chi connectivity index (χ0v) is 11.5. The van der Waals surface area contributed by atoms with Crippen LogP contribution in [-0.4, -0.2) is 45.9 Å². The van der Waals surface area contributed by atoms with Gasteiger partial charge in [0.05, 0.1) is 6.61 Å². The maximum absolute atomic E-state index is 11.4. The molecule has 0 heterocycles. The fraction of sp³-hybridized carbons (Fsp3) is 0.900. The van der Waals surface area contributed by atoms with Gasteiger partial charge in [0.1, 0.15) is 0 Å². The topological polar surface area (TPSA) is 84.5 Å². The quantitative estimate of drug-likeness (QED) is 0.448. The van der Waals surface area contributed by atoms with E-state index < -0.39 is 21.7 Å². The average molecular weight is 266 g/mol. The number of hydrogen-bond donors (Lipinski definition) is 2. The first kappa shape index (κ1) is 16.3. The lowest BCUT2D eigenvalue weighted by Crippen LogP contribution is -2.33. The van der Waals surface area contributed by atoms with Crippen molar-refractivity contribution in [1.82, 2.24) is 10.0 Å². The van der Waals surface area contributed by atoms with Crippen LogP contribution < -0.4 is 10.0 Å². The van der Waals surface area contributed by atoms with E-state index in [1.165, 1.54) is 0 Å². The van der Waals surface area contributed by atoms with Gasteiger partial charge >= 0.3 is 5.97 Å². The van der Waals surface area contributed by atoms with Crippen LogP contribution in [0.15, 0.2) is 0 Å². The van der Waals surface area contributed by atoms with E-state index in [0.29, 0.717) is 19.0 Å². The minimum absolute atomic E-state index is 0.187. The Morgan fingerprint density at radius 3 is 2.47 bits per heavy atom. The monoisotopic (exact) mass is 266 g/mol. The summed E-state index contributed by atoms with van der Waals surface area (Å²) in [5.41, 5.74) is 0. The summed E-state index contributed by atoms with van der Waals surface area (Å²) in [7, 11) is -3.56. The van der Waals surface area contributed by atoms with Gasteiger partial charge < -0.3 is 10.1 Å². The summed E-state index contributed by atoms with van der Waals surface area (Å²) >= 11 is 0. The minimum atomic E-state index is -3.56. The van der Waals surface area contributed by atoms with Crippen molar-refractivity contribution in [3.05, 3.63) is 0 Å². The van der Waals surface area contributed by atoms with Crippen LogP contribution in [0.25, 0.3) is 0 Å². The molecule has 7 heteroatoms. The van der Waals surface area contributed by atoms with Gasteiger partial charge in [-0.25, -0.2) is 13.1 Å². The van der Waals surface area contributed by atoms with Gasteiger partial charge in [-0.05, 0) is 19.9 Å². The lowest BCUT2D eigenvalue weighted by molar-refractivity contribution is -0.139. The normalized spacial score (nSPS) is 11.8. The number of carbonyl (C=O) groups is 1. The summed E-state index contributed by atoms with van der Waals surface area (Å²) in [6, 6.07) is 0.381. The van der Waals surface area contributed by atoms with E-state index in [1.54, 1.807) is 6.92 Å². The van der Waals surface area contributed by atoms with E-state index in [9.17, 15) is 13.2 Å². The molecule has 0 saturated heterocycles. The second kappa shape index (κ2) is 8.43. The van der Waals surface area contributed by atoms with Crippen LogP contribution in [0, 0.1) is 0 Å². The van der Waals surface area contributed by atoms with Crippen LogP contribution in [0.5, 0.6) is 0 Å². The fourth-order valence-corrected chi connectivity index (χ4v) is 2.07. The van der Waals surface area contributed by atoms with Gasteiger partial charge in [0.2, 0.25) is 10.0 Å². The summed E-state index contributed by atoms with van der Waals surface area (Å²) in [6.45, 7) is 6.92. The van der Waals surface area contributed by atoms with Gasteiger partial charge in [0.15, 0.2) is 5.75 Å². The van der Waals surface area contributed by atoms with Crippen LogP contribution in [-0.2, 0) is 19.6 Å². The highest BCUT2D eigenvalue weighted by atomic mass is 32.2. The highest BCUT2D eigenvalue weighted by Crippen LogP contribution is 1.89. The molecule has 0 spiro atoms. The first-order valence-corrected chi connectivity index (χ1v) is 7.39. The van der Waals surface area contributed by atoms with Crippen molar-refractivity contribution >= 4 is 16.0 Å². The Hall–Kier alpha value is -0.660. The van der Waals surface area contributed by atoms with Crippen molar-refractivity contribution < 1.29 is 17.9 Å². The molecule has 0 saturated carbocycles. The second-order valence-electron chi connectivity index (χ2n) is 3.92. The van der Waals surface area contributed by atoms with Gasteiger partial charge in [-0.3, -0.25) is 4.79 Å². The summed E-state index contributed by atoms with van der Waals surface area (Å²) in [4.78, 5) is 11.0. The van der Waals surface area contributed by atoms with Gasteiger partial charge in [0, 0.05) is 12.6 Å². The van der Waals surface area contributed by atoms with E-state index in [1.807, 2.05) is 13.8 Å². The third-order valence-electron chi connectivity index (χ3n) is 1.84. The van der Waals surface area contributed by atoms with Crippen molar-refractivity contribution in [2.75, 3.05) is 25.4 Å². The molecule has 0 aliphatic carbocycles. The highest BCUT2D eigenvalue weighted by molar-refractivity contribution is 7.90. The molecule has 102 valence electrons. The third-order valence-corrected chi connectivity index (χ3v) is 3.10. The summed E-state index contributed by atoms with van der Waals surface area (Å²) < 4.78 is 29.7. The smallest absolute Gasteiger partial charge is 0.322 e. The first-order chi connectivity index (χ1) is 7.87. The molecule has 0 amide bonds. The van der Waals surface area contributed by atoms with Crippen molar-refractivity contribution in [1.29, 1.82) is 0 Å². The zero-order valence-electron chi connectivity index (χ0n) is 10.7. The molecule has 17 heavy (non-hydrogen) atoms. The molecule has 0 radical (unpaired) electrons. The largest absolute Gasteiger partial charge is 0.465 e. The number of sulfonamides is 1. The Morgan fingerprint density at radius 1 is 1.29 bits per heavy atom. The van der Waals surface area contributed by atoms with E-state index in [-0.39, 0.29) is 6.61 Å². The van der Waals surface area contributed by atoms with Gasteiger partial charge in [0.25, 0.3) is 0 Å². The molecule has 6 nitrogen and oxygen atoms in total. The first-order valence-electron chi connectivity index (χ1n) is 5.73. The number of hydrogen-bond acceptors (Lipinski definition) is 5. The zero-order chi connectivity index (χ0) is 13.3. The molecular weight excluding hydrogens is 244 g/mol. The molecule has 0 rings (SSSR count). The Bertz CT molecular complexity index is 314.